The highest BCUT2D eigenvalue weighted by Crippen LogP contribution is 2.41. The van der Waals surface area contributed by atoms with Crippen molar-refractivity contribution in [1.82, 2.24) is 0 Å². The second-order valence-corrected chi connectivity index (χ2v) is 8.65. The number of ether oxygens (including phenoxy) is 1. The molecule has 2 aliphatic heterocycles. The molecular weight excluding hydrogens is 337 g/mol. The minimum atomic E-state index is -0.378. The average molecular weight is 361 g/mol. The fourth-order valence-corrected chi connectivity index (χ4v) is 4.04. The molecule has 5 heteroatoms. The molecule has 0 aromatic heterocycles. The van der Waals surface area contributed by atoms with E-state index >= 15 is 0 Å². The molecule has 2 heterocycles. The van der Waals surface area contributed by atoms with Crippen molar-refractivity contribution >= 4 is 18.5 Å². The quantitative estimate of drug-likeness (QED) is 0.770. The Bertz CT molecular complexity index is 921. The van der Waals surface area contributed by atoms with Crippen molar-refractivity contribution in [2.24, 2.45) is 4.99 Å². The van der Waals surface area contributed by atoms with E-state index in [2.05, 4.69) is 58.0 Å². The fraction of sp³-hybridized carbons (Fsp3) is 0.409. The van der Waals surface area contributed by atoms with E-state index < -0.39 is 0 Å². The van der Waals surface area contributed by atoms with E-state index in [9.17, 15) is 0 Å². The zero-order valence-corrected chi connectivity index (χ0v) is 16.2. The molecule has 2 aromatic carbocycles. The van der Waals surface area contributed by atoms with Gasteiger partial charge in [0.25, 0.3) is 0 Å². The molecule has 1 saturated heterocycles. The van der Waals surface area contributed by atoms with E-state index in [0.717, 1.165) is 23.3 Å². The molecule has 0 unspecified atom stereocenters. The lowest BCUT2D eigenvalue weighted by Crippen LogP contribution is -2.41. The van der Waals surface area contributed by atoms with Gasteiger partial charge in [0.2, 0.25) is 5.90 Å². The third kappa shape index (κ3) is 2.64. The molecule has 0 radical (unpaired) electrons. The maximum absolute atomic E-state index is 6.22. The summed E-state index contributed by atoms with van der Waals surface area (Å²) in [5.74, 6) is 0.720. The monoisotopic (exact) mass is 361 g/mol. The van der Waals surface area contributed by atoms with Crippen LogP contribution < -0.4 is 5.46 Å². The van der Waals surface area contributed by atoms with Crippen LogP contribution >= 0.6 is 0 Å². The molecule has 2 aromatic rings. The van der Waals surface area contributed by atoms with Gasteiger partial charge in [-0.15, -0.1) is 0 Å². The van der Waals surface area contributed by atoms with Crippen LogP contribution in [0.4, 0.5) is 0 Å². The first-order valence-electron chi connectivity index (χ1n) is 9.62. The molecule has 138 valence electrons. The molecule has 5 rings (SSSR count). The van der Waals surface area contributed by atoms with Crippen molar-refractivity contribution in [2.75, 3.05) is 0 Å². The van der Waals surface area contributed by atoms with Gasteiger partial charge in [-0.05, 0) is 56.4 Å². The van der Waals surface area contributed by atoms with Gasteiger partial charge in [-0.3, -0.25) is 0 Å². The number of aliphatic imine (C=N–C) groups is 1. The summed E-state index contributed by atoms with van der Waals surface area (Å²) in [6.07, 6.45) is 1.03. The Kier molecular flexibility index (Phi) is 3.59. The molecule has 2 atom stereocenters. The SMILES string of the molecule is CC1(C)OB(c2cccc(C3=N[C@@H]4c5ccccc5C[C@@H]4O3)c2)OC1(C)C. The Morgan fingerprint density at radius 2 is 1.70 bits per heavy atom. The molecule has 1 fully saturated rings. The molecular formula is C22H24BNO3. The van der Waals surface area contributed by atoms with Crippen LogP contribution in [0, 0.1) is 0 Å². The van der Waals surface area contributed by atoms with Gasteiger partial charge in [0, 0.05) is 12.0 Å². The smallest absolute Gasteiger partial charge is 0.471 e. The lowest BCUT2D eigenvalue weighted by molar-refractivity contribution is 0.00578. The van der Waals surface area contributed by atoms with E-state index in [4.69, 9.17) is 19.0 Å². The van der Waals surface area contributed by atoms with Crippen LogP contribution in [0.15, 0.2) is 53.5 Å². The minimum absolute atomic E-state index is 0.108. The zero-order valence-electron chi connectivity index (χ0n) is 16.2. The van der Waals surface area contributed by atoms with Crippen molar-refractivity contribution in [1.29, 1.82) is 0 Å². The highest BCUT2D eigenvalue weighted by molar-refractivity contribution is 6.62. The summed E-state index contributed by atoms with van der Waals surface area (Å²) < 4.78 is 18.6. The number of rotatable bonds is 2. The van der Waals surface area contributed by atoms with E-state index in [0.29, 0.717) is 0 Å². The Hall–Kier alpha value is -2.11. The molecule has 1 aliphatic carbocycles. The number of benzene rings is 2. The predicted molar refractivity (Wildman–Crippen MR) is 106 cm³/mol. The lowest BCUT2D eigenvalue weighted by Gasteiger charge is -2.32. The topological polar surface area (TPSA) is 40.0 Å². The first-order chi connectivity index (χ1) is 12.8. The first-order valence-corrected chi connectivity index (χ1v) is 9.62. The van der Waals surface area contributed by atoms with Gasteiger partial charge in [-0.1, -0.05) is 36.4 Å². The van der Waals surface area contributed by atoms with Crippen LogP contribution in [-0.4, -0.2) is 30.3 Å². The van der Waals surface area contributed by atoms with Gasteiger partial charge >= 0.3 is 7.12 Å². The molecule has 0 bridgehead atoms. The standard InChI is InChI=1S/C22H24BNO3/c1-21(2)22(3,4)27-23(26-21)16-10-7-9-15(12-16)20-24-19-17-11-6-5-8-14(17)13-18(19)25-20/h5-12,18-19H,13H2,1-4H3/t18-,19+/m0/s1. The van der Waals surface area contributed by atoms with Gasteiger partial charge < -0.3 is 14.0 Å². The van der Waals surface area contributed by atoms with Crippen LogP contribution in [0.25, 0.3) is 0 Å². The number of hydrogen-bond acceptors (Lipinski definition) is 4. The second kappa shape index (κ2) is 5.70. The summed E-state index contributed by atoms with van der Waals surface area (Å²) in [7, 11) is -0.378. The highest BCUT2D eigenvalue weighted by atomic mass is 16.7. The molecule has 3 aliphatic rings. The average Bonchev–Trinajstić information content (AvgIpc) is 3.24. The third-order valence-corrected chi connectivity index (χ3v) is 6.33. The predicted octanol–water partition coefficient (Wildman–Crippen LogP) is 3.43. The van der Waals surface area contributed by atoms with Crippen LogP contribution in [0.5, 0.6) is 0 Å². The second-order valence-electron chi connectivity index (χ2n) is 8.65. The van der Waals surface area contributed by atoms with E-state index in [1.807, 2.05) is 18.2 Å². The normalized spacial score (nSPS) is 27.1. The Morgan fingerprint density at radius 3 is 2.48 bits per heavy atom. The summed E-state index contributed by atoms with van der Waals surface area (Å²) in [6, 6.07) is 16.8. The van der Waals surface area contributed by atoms with Crippen LogP contribution in [-0.2, 0) is 20.5 Å². The van der Waals surface area contributed by atoms with E-state index in [-0.39, 0.29) is 30.5 Å². The first kappa shape index (κ1) is 17.0. The van der Waals surface area contributed by atoms with Gasteiger partial charge in [0.05, 0.1) is 11.2 Å². The summed E-state index contributed by atoms with van der Waals surface area (Å²) in [4.78, 5) is 4.90. The Morgan fingerprint density at radius 1 is 0.963 bits per heavy atom. The summed E-state index contributed by atoms with van der Waals surface area (Å²) in [5.41, 5.74) is 3.91. The number of nitrogens with zero attached hydrogens (tertiary/aromatic N) is 1. The van der Waals surface area contributed by atoms with Gasteiger partial charge in [-0.25, -0.2) is 4.99 Å². The molecule has 27 heavy (non-hydrogen) atoms. The molecule has 0 N–H and O–H groups in total. The maximum atomic E-state index is 6.22. The molecule has 0 amide bonds. The zero-order chi connectivity index (χ0) is 18.8. The number of hydrogen-bond donors (Lipinski definition) is 0. The van der Waals surface area contributed by atoms with Crippen molar-refractivity contribution in [2.45, 2.75) is 57.5 Å². The van der Waals surface area contributed by atoms with Gasteiger partial charge in [0.15, 0.2) is 0 Å². The van der Waals surface area contributed by atoms with Crippen molar-refractivity contribution in [3.63, 3.8) is 0 Å². The fourth-order valence-electron chi connectivity index (χ4n) is 4.04. The van der Waals surface area contributed by atoms with Gasteiger partial charge in [-0.2, -0.15) is 0 Å². The molecule has 0 spiro atoms. The van der Waals surface area contributed by atoms with Crippen LogP contribution in [0.1, 0.15) is 50.4 Å². The van der Waals surface area contributed by atoms with Crippen molar-refractivity contribution < 1.29 is 14.0 Å². The summed E-state index contributed by atoms with van der Waals surface area (Å²) >= 11 is 0. The van der Waals surface area contributed by atoms with E-state index in [1.165, 1.54) is 11.1 Å². The summed E-state index contributed by atoms with van der Waals surface area (Å²) in [5, 5.41) is 0. The Balaban J connectivity index is 1.43. The van der Waals surface area contributed by atoms with E-state index in [1.54, 1.807) is 0 Å². The highest BCUT2D eigenvalue weighted by Gasteiger charge is 2.51. The van der Waals surface area contributed by atoms with Gasteiger partial charge in [0.1, 0.15) is 12.1 Å². The summed E-state index contributed by atoms with van der Waals surface area (Å²) in [6.45, 7) is 8.28. The largest absolute Gasteiger partial charge is 0.494 e. The van der Waals surface area contributed by atoms with Crippen LogP contribution in [0.2, 0.25) is 0 Å². The third-order valence-electron chi connectivity index (χ3n) is 6.33. The van der Waals surface area contributed by atoms with Crippen molar-refractivity contribution in [3.05, 3.63) is 65.2 Å². The lowest BCUT2D eigenvalue weighted by atomic mass is 9.78. The number of fused-ring (bicyclic) bond motifs is 3. The maximum Gasteiger partial charge on any atom is 0.494 e. The Labute approximate surface area is 160 Å². The molecule has 0 saturated carbocycles. The van der Waals surface area contributed by atoms with Crippen molar-refractivity contribution in [3.8, 4) is 0 Å². The minimum Gasteiger partial charge on any atom is -0.471 e. The van der Waals surface area contributed by atoms with Crippen LogP contribution in [0.3, 0.4) is 0 Å². The molecule has 4 nitrogen and oxygen atoms in total.